The second-order valence-electron chi connectivity index (χ2n) is 6.71. The summed E-state index contributed by atoms with van der Waals surface area (Å²) in [6, 6.07) is 7.38. The molecule has 0 bridgehead atoms. The molecule has 0 N–H and O–H groups in total. The summed E-state index contributed by atoms with van der Waals surface area (Å²) in [4.78, 5) is 13.3. The van der Waals surface area contributed by atoms with Crippen molar-refractivity contribution < 1.29 is 39.9 Å². The van der Waals surface area contributed by atoms with E-state index >= 15 is 0 Å². The highest BCUT2D eigenvalue weighted by molar-refractivity contribution is 7.89. The van der Waals surface area contributed by atoms with Gasteiger partial charge in [0.25, 0.3) is 5.91 Å². The molecule has 0 aromatic heterocycles. The minimum absolute atomic E-state index is 0.113. The summed E-state index contributed by atoms with van der Waals surface area (Å²) < 4.78 is 95.2. The maximum Gasteiger partial charge on any atom is 0.416 e. The van der Waals surface area contributed by atoms with E-state index in [9.17, 15) is 35.2 Å². The van der Waals surface area contributed by atoms with Gasteiger partial charge in [0.05, 0.1) is 16.1 Å². The normalized spacial score (nSPS) is 15.8. The molecule has 1 saturated heterocycles. The van der Waals surface area contributed by atoms with E-state index in [2.05, 4.69) is 4.74 Å². The van der Waals surface area contributed by atoms with Crippen LogP contribution in [0.5, 0.6) is 5.75 Å². The molecule has 174 valence electrons. The summed E-state index contributed by atoms with van der Waals surface area (Å²) in [5.41, 5.74) is -1.28. The number of para-hydroxylation sites is 1. The van der Waals surface area contributed by atoms with Crippen LogP contribution in [0.1, 0.15) is 15.9 Å². The Morgan fingerprint density at radius 3 is 2.25 bits per heavy atom. The fourth-order valence-electron chi connectivity index (χ4n) is 3.16. The second-order valence-corrected chi connectivity index (χ2v) is 9.03. The van der Waals surface area contributed by atoms with Crippen LogP contribution in [0.4, 0.5) is 22.0 Å². The maximum atomic E-state index is 13.0. The first-order chi connectivity index (χ1) is 14.9. The number of amides is 1. The van der Waals surface area contributed by atoms with Crippen LogP contribution in [0.15, 0.2) is 47.4 Å². The smallest absolute Gasteiger partial charge is 0.416 e. The van der Waals surface area contributed by atoms with Gasteiger partial charge in [0.1, 0.15) is 10.6 Å². The number of hydrogen-bond donors (Lipinski definition) is 0. The fraction of sp³-hybridized carbons (Fsp3) is 0.316. The van der Waals surface area contributed by atoms with Crippen LogP contribution < -0.4 is 4.74 Å². The summed E-state index contributed by atoms with van der Waals surface area (Å²) in [6.07, 6.45) is -4.76. The molecule has 6 nitrogen and oxygen atoms in total. The molecule has 1 fully saturated rings. The predicted molar refractivity (Wildman–Crippen MR) is 104 cm³/mol. The number of halogens is 6. The monoisotopic (exact) mass is 498 g/mol. The Balaban J connectivity index is 1.77. The Kier molecular flexibility index (Phi) is 6.96. The molecule has 0 radical (unpaired) electrons. The van der Waals surface area contributed by atoms with E-state index in [1.807, 2.05) is 0 Å². The van der Waals surface area contributed by atoms with Crippen molar-refractivity contribution in [3.05, 3.63) is 58.6 Å². The van der Waals surface area contributed by atoms with Crippen LogP contribution >= 0.6 is 11.6 Å². The van der Waals surface area contributed by atoms with Gasteiger partial charge in [0, 0.05) is 26.2 Å². The summed E-state index contributed by atoms with van der Waals surface area (Å²) in [5, 5.41) is -0.366. The van der Waals surface area contributed by atoms with Gasteiger partial charge in [0.2, 0.25) is 10.0 Å². The molecule has 1 amide bonds. The number of carbonyl (C=O) groups excluding carboxylic acids is 1. The molecule has 0 unspecified atom stereocenters. The first-order valence-electron chi connectivity index (χ1n) is 9.11. The van der Waals surface area contributed by atoms with Gasteiger partial charge in [-0.2, -0.15) is 26.3 Å². The SMILES string of the molecule is O=C(c1ccccc1OC(F)F)N1CCN(S(=O)(=O)c2cc(C(F)(F)F)ccc2Cl)CC1. The standard InChI is InChI=1S/C19H16ClF5N2O4S/c20-14-6-5-12(19(23,24)25)11-16(14)32(29,30)27-9-7-26(8-10-27)17(28)13-3-1-2-4-15(13)31-18(21)22/h1-6,11,18H,7-10H2. The molecule has 0 saturated carbocycles. The molecule has 0 atom stereocenters. The van der Waals surface area contributed by atoms with Crippen LogP contribution in [0.2, 0.25) is 5.02 Å². The van der Waals surface area contributed by atoms with E-state index in [0.717, 1.165) is 10.4 Å². The average Bonchev–Trinajstić information content (AvgIpc) is 2.72. The van der Waals surface area contributed by atoms with Crippen molar-refractivity contribution in [3.63, 3.8) is 0 Å². The first-order valence-corrected chi connectivity index (χ1v) is 10.9. The Morgan fingerprint density at radius 2 is 1.66 bits per heavy atom. The third-order valence-electron chi connectivity index (χ3n) is 4.74. The third-order valence-corrected chi connectivity index (χ3v) is 7.12. The van der Waals surface area contributed by atoms with Crippen molar-refractivity contribution in [2.24, 2.45) is 0 Å². The largest absolute Gasteiger partial charge is 0.434 e. The Bertz CT molecular complexity index is 1100. The molecule has 1 aliphatic heterocycles. The lowest BCUT2D eigenvalue weighted by atomic mass is 10.1. The molecule has 2 aromatic carbocycles. The van der Waals surface area contributed by atoms with E-state index in [4.69, 9.17) is 11.6 Å². The molecule has 13 heteroatoms. The molecular weight excluding hydrogens is 483 g/mol. The highest BCUT2D eigenvalue weighted by atomic mass is 35.5. The van der Waals surface area contributed by atoms with Gasteiger partial charge < -0.3 is 9.64 Å². The summed E-state index contributed by atoms with van der Waals surface area (Å²) in [6.45, 7) is -3.81. The average molecular weight is 499 g/mol. The van der Waals surface area contributed by atoms with Crippen LogP contribution in [-0.2, 0) is 16.2 Å². The fourth-order valence-corrected chi connectivity index (χ4v) is 5.08. The van der Waals surface area contributed by atoms with Gasteiger partial charge in [-0.1, -0.05) is 23.7 Å². The Hall–Kier alpha value is -2.44. The summed E-state index contributed by atoms with van der Waals surface area (Å²) in [5.74, 6) is -0.964. The molecule has 0 aliphatic carbocycles. The number of sulfonamides is 1. The number of benzene rings is 2. The van der Waals surface area contributed by atoms with Gasteiger partial charge >= 0.3 is 12.8 Å². The zero-order valence-corrected chi connectivity index (χ0v) is 17.7. The zero-order chi connectivity index (χ0) is 23.7. The highest BCUT2D eigenvalue weighted by Gasteiger charge is 2.36. The molecular formula is C19H16ClF5N2O4S. The van der Waals surface area contributed by atoms with Crippen LogP contribution in [0, 0.1) is 0 Å². The Labute approximate surface area is 185 Å². The topological polar surface area (TPSA) is 66.9 Å². The maximum absolute atomic E-state index is 13.0. The van der Waals surface area contributed by atoms with Gasteiger partial charge in [-0.3, -0.25) is 4.79 Å². The highest BCUT2D eigenvalue weighted by Crippen LogP contribution is 2.34. The van der Waals surface area contributed by atoms with E-state index in [0.29, 0.717) is 12.1 Å². The minimum atomic E-state index is -4.76. The van der Waals surface area contributed by atoms with Gasteiger partial charge in [0.15, 0.2) is 0 Å². The van der Waals surface area contributed by atoms with Crippen molar-refractivity contribution in [2.75, 3.05) is 26.2 Å². The number of nitrogens with zero attached hydrogens (tertiary/aromatic N) is 2. The second kappa shape index (κ2) is 9.20. The molecule has 0 spiro atoms. The number of alkyl halides is 5. The van der Waals surface area contributed by atoms with Crippen LogP contribution in [0.25, 0.3) is 0 Å². The molecule has 1 heterocycles. The summed E-state index contributed by atoms with van der Waals surface area (Å²) in [7, 11) is -4.37. The molecule has 32 heavy (non-hydrogen) atoms. The van der Waals surface area contributed by atoms with Gasteiger partial charge in [-0.25, -0.2) is 8.42 Å². The lowest BCUT2D eigenvalue weighted by Crippen LogP contribution is -2.50. The third kappa shape index (κ3) is 5.13. The van der Waals surface area contributed by atoms with Crippen molar-refractivity contribution in [1.29, 1.82) is 0 Å². The lowest BCUT2D eigenvalue weighted by Gasteiger charge is -2.34. The summed E-state index contributed by atoms with van der Waals surface area (Å²) >= 11 is 5.86. The minimum Gasteiger partial charge on any atom is -0.434 e. The first kappa shape index (κ1) is 24.2. The molecule has 1 aliphatic rings. The molecule has 3 rings (SSSR count). The number of rotatable bonds is 5. The van der Waals surface area contributed by atoms with Gasteiger partial charge in [-0.05, 0) is 30.3 Å². The number of hydrogen-bond acceptors (Lipinski definition) is 4. The van der Waals surface area contributed by atoms with E-state index in [1.54, 1.807) is 0 Å². The van der Waals surface area contributed by atoms with Crippen molar-refractivity contribution >= 4 is 27.5 Å². The van der Waals surface area contributed by atoms with Crippen LogP contribution in [0.3, 0.4) is 0 Å². The van der Waals surface area contributed by atoms with Crippen LogP contribution in [-0.4, -0.2) is 56.3 Å². The Morgan fingerprint density at radius 1 is 1.03 bits per heavy atom. The van der Waals surface area contributed by atoms with E-state index in [-0.39, 0.29) is 42.5 Å². The van der Waals surface area contributed by atoms with E-state index < -0.39 is 39.2 Å². The van der Waals surface area contributed by atoms with Crippen molar-refractivity contribution in [2.45, 2.75) is 17.7 Å². The predicted octanol–water partition coefficient (Wildman–Crippen LogP) is 4.11. The van der Waals surface area contributed by atoms with Crippen molar-refractivity contribution in [3.8, 4) is 5.75 Å². The van der Waals surface area contributed by atoms with Crippen molar-refractivity contribution in [1.82, 2.24) is 9.21 Å². The molecule has 2 aromatic rings. The zero-order valence-electron chi connectivity index (χ0n) is 16.2. The van der Waals surface area contributed by atoms with E-state index in [1.165, 1.54) is 29.2 Å². The van der Waals surface area contributed by atoms with Gasteiger partial charge in [-0.15, -0.1) is 0 Å². The lowest BCUT2D eigenvalue weighted by molar-refractivity contribution is -0.137. The quantitative estimate of drug-likeness (QED) is 0.582. The number of piperazine rings is 1. The number of carbonyl (C=O) groups is 1. The number of ether oxygens (including phenoxy) is 1.